The fourth-order valence-corrected chi connectivity index (χ4v) is 2.66. The van der Waals surface area contributed by atoms with E-state index < -0.39 is 0 Å². The van der Waals surface area contributed by atoms with E-state index in [1.807, 2.05) is 31.2 Å². The Morgan fingerprint density at radius 2 is 1.92 bits per heavy atom. The van der Waals surface area contributed by atoms with Crippen molar-refractivity contribution in [3.05, 3.63) is 76.9 Å². The van der Waals surface area contributed by atoms with E-state index >= 15 is 0 Å². The van der Waals surface area contributed by atoms with Crippen molar-refractivity contribution in [2.75, 3.05) is 11.9 Å². The Morgan fingerprint density at radius 3 is 2.65 bits per heavy atom. The van der Waals surface area contributed by atoms with Gasteiger partial charge < -0.3 is 10.1 Å². The molecular formula is C20H20ClN3O2. The molecule has 0 unspecified atom stereocenters. The van der Waals surface area contributed by atoms with E-state index in [4.69, 9.17) is 16.3 Å². The zero-order chi connectivity index (χ0) is 18.4. The number of ether oxygens (including phenoxy) is 1. The molecule has 0 atom stereocenters. The van der Waals surface area contributed by atoms with Gasteiger partial charge in [-0.05, 0) is 42.3 Å². The molecule has 0 fully saturated rings. The highest BCUT2D eigenvalue weighted by Crippen LogP contribution is 2.19. The minimum Gasteiger partial charge on any atom is -0.494 e. The molecule has 1 heterocycles. The smallest absolute Gasteiger partial charge is 0.256 e. The number of rotatable bonds is 7. The van der Waals surface area contributed by atoms with Gasteiger partial charge in [-0.1, -0.05) is 36.7 Å². The summed E-state index contributed by atoms with van der Waals surface area (Å²) in [5.41, 5.74) is 1.49. The molecule has 0 aliphatic carbocycles. The molecule has 0 aliphatic heterocycles. The lowest BCUT2D eigenvalue weighted by Gasteiger charge is -2.10. The lowest BCUT2D eigenvalue weighted by molar-refractivity contribution is 0.102. The summed E-state index contributed by atoms with van der Waals surface area (Å²) in [5.74, 6) is 1.17. The predicted octanol–water partition coefficient (Wildman–Crippen LogP) is 4.63. The van der Waals surface area contributed by atoms with Gasteiger partial charge in [0.25, 0.3) is 5.91 Å². The van der Waals surface area contributed by atoms with Gasteiger partial charge >= 0.3 is 0 Å². The molecule has 0 saturated carbocycles. The number of amides is 1. The van der Waals surface area contributed by atoms with Crippen molar-refractivity contribution in [2.24, 2.45) is 0 Å². The quantitative estimate of drug-likeness (QED) is 0.660. The van der Waals surface area contributed by atoms with E-state index in [1.165, 1.54) is 0 Å². The molecule has 6 heteroatoms. The average Bonchev–Trinajstić information content (AvgIpc) is 3.09. The minimum absolute atomic E-state index is 0.201. The van der Waals surface area contributed by atoms with Crippen LogP contribution in [0.4, 0.5) is 5.82 Å². The van der Waals surface area contributed by atoms with Crippen LogP contribution < -0.4 is 10.1 Å². The topological polar surface area (TPSA) is 56.1 Å². The number of hydrogen-bond donors (Lipinski definition) is 1. The Hall–Kier alpha value is -2.79. The van der Waals surface area contributed by atoms with Crippen LogP contribution in [-0.4, -0.2) is 22.3 Å². The van der Waals surface area contributed by atoms with Crippen molar-refractivity contribution >= 4 is 23.3 Å². The van der Waals surface area contributed by atoms with Gasteiger partial charge in [0.15, 0.2) is 0 Å². The summed E-state index contributed by atoms with van der Waals surface area (Å²) in [6, 6.07) is 16.4. The van der Waals surface area contributed by atoms with Crippen LogP contribution in [0.5, 0.6) is 5.75 Å². The molecule has 0 bridgehead atoms. The SMILES string of the molecule is CCCOc1ccc(C(=O)Nc2ccnn2Cc2ccccc2Cl)cc1. The lowest BCUT2D eigenvalue weighted by Crippen LogP contribution is -2.16. The van der Waals surface area contributed by atoms with Crippen LogP contribution in [0.1, 0.15) is 29.3 Å². The number of aromatic nitrogens is 2. The van der Waals surface area contributed by atoms with E-state index in [0.29, 0.717) is 29.6 Å². The van der Waals surface area contributed by atoms with Crippen LogP contribution in [0, 0.1) is 0 Å². The van der Waals surface area contributed by atoms with E-state index in [2.05, 4.69) is 10.4 Å². The van der Waals surface area contributed by atoms with Crippen molar-refractivity contribution in [3.63, 3.8) is 0 Å². The summed E-state index contributed by atoms with van der Waals surface area (Å²) >= 11 is 6.21. The first-order valence-corrected chi connectivity index (χ1v) is 8.84. The van der Waals surface area contributed by atoms with Gasteiger partial charge in [0.1, 0.15) is 11.6 Å². The fourth-order valence-electron chi connectivity index (χ4n) is 2.46. The van der Waals surface area contributed by atoms with Crippen LogP contribution in [0.2, 0.25) is 5.02 Å². The third kappa shape index (κ3) is 4.43. The number of hydrogen-bond acceptors (Lipinski definition) is 3. The Morgan fingerprint density at radius 1 is 1.15 bits per heavy atom. The van der Waals surface area contributed by atoms with Crippen molar-refractivity contribution in [1.82, 2.24) is 9.78 Å². The molecule has 1 N–H and O–H groups in total. The number of nitrogens with one attached hydrogen (secondary N) is 1. The molecule has 0 spiro atoms. The largest absolute Gasteiger partial charge is 0.494 e. The maximum absolute atomic E-state index is 12.5. The fraction of sp³-hybridized carbons (Fsp3) is 0.200. The second-order valence-corrected chi connectivity index (χ2v) is 6.20. The number of halogens is 1. The van der Waals surface area contributed by atoms with Crippen molar-refractivity contribution in [1.29, 1.82) is 0 Å². The summed E-state index contributed by atoms with van der Waals surface area (Å²) in [6.45, 7) is 3.19. The summed E-state index contributed by atoms with van der Waals surface area (Å²) in [4.78, 5) is 12.5. The number of benzene rings is 2. The molecule has 26 heavy (non-hydrogen) atoms. The highest BCUT2D eigenvalue weighted by atomic mass is 35.5. The van der Waals surface area contributed by atoms with Gasteiger partial charge in [-0.2, -0.15) is 5.10 Å². The number of carbonyl (C=O) groups excluding carboxylic acids is 1. The van der Waals surface area contributed by atoms with Gasteiger partial charge in [-0.25, -0.2) is 4.68 Å². The molecule has 3 aromatic rings. The third-order valence-electron chi connectivity index (χ3n) is 3.83. The number of carbonyl (C=O) groups is 1. The second kappa shape index (κ2) is 8.54. The van der Waals surface area contributed by atoms with Crippen LogP contribution in [0.3, 0.4) is 0 Å². The molecule has 2 aromatic carbocycles. The van der Waals surface area contributed by atoms with Crippen LogP contribution in [0.15, 0.2) is 60.8 Å². The summed E-state index contributed by atoms with van der Waals surface area (Å²) in [7, 11) is 0. The third-order valence-corrected chi connectivity index (χ3v) is 4.19. The van der Waals surface area contributed by atoms with Gasteiger partial charge in [0, 0.05) is 16.7 Å². The highest BCUT2D eigenvalue weighted by Gasteiger charge is 2.11. The molecule has 0 aliphatic rings. The summed E-state index contributed by atoms with van der Waals surface area (Å²) in [6.07, 6.45) is 2.59. The first kappa shape index (κ1) is 18.0. The monoisotopic (exact) mass is 369 g/mol. The molecule has 1 amide bonds. The standard InChI is InChI=1S/C20H20ClN3O2/c1-2-13-26-17-9-7-15(8-10-17)20(25)23-19-11-12-22-24(19)14-16-5-3-4-6-18(16)21/h3-12H,2,13-14H2,1H3,(H,23,25). The zero-order valence-corrected chi connectivity index (χ0v) is 15.2. The molecule has 0 saturated heterocycles. The molecule has 1 aromatic heterocycles. The van der Waals surface area contributed by atoms with Crippen LogP contribution in [0.25, 0.3) is 0 Å². The zero-order valence-electron chi connectivity index (χ0n) is 14.5. The molecule has 5 nitrogen and oxygen atoms in total. The van der Waals surface area contributed by atoms with E-state index in [9.17, 15) is 4.79 Å². The molecule has 3 rings (SSSR count). The van der Waals surface area contributed by atoms with Gasteiger partial charge in [-0.3, -0.25) is 4.79 Å². The lowest BCUT2D eigenvalue weighted by atomic mass is 10.2. The van der Waals surface area contributed by atoms with Gasteiger partial charge in [-0.15, -0.1) is 0 Å². The minimum atomic E-state index is -0.201. The summed E-state index contributed by atoms with van der Waals surface area (Å²) in [5, 5.41) is 7.83. The van der Waals surface area contributed by atoms with Crippen molar-refractivity contribution in [3.8, 4) is 5.75 Å². The number of nitrogens with zero attached hydrogens (tertiary/aromatic N) is 2. The average molecular weight is 370 g/mol. The van der Waals surface area contributed by atoms with E-state index in [1.54, 1.807) is 41.2 Å². The first-order valence-electron chi connectivity index (χ1n) is 8.47. The number of anilines is 1. The Kier molecular flexibility index (Phi) is 5.92. The van der Waals surface area contributed by atoms with Crippen molar-refractivity contribution in [2.45, 2.75) is 19.9 Å². The predicted molar refractivity (Wildman–Crippen MR) is 103 cm³/mol. The van der Waals surface area contributed by atoms with E-state index in [-0.39, 0.29) is 5.91 Å². The molecule has 0 radical (unpaired) electrons. The van der Waals surface area contributed by atoms with Gasteiger partial charge in [0.05, 0.1) is 19.3 Å². The summed E-state index contributed by atoms with van der Waals surface area (Å²) < 4.78 is 7.24. The molecular weight excluding hydrogens is 350 g/mol. The molecule has 134 valence electrons. The Balaban J connectivity index is 1.69. The van der Waals surface area contributed by atoms with E-state index in [0.717, 1.165) is 17.7 Å². The maximum Gasteiger partial charge on any atom is 0.256 e. The highest BCUT2D eigenvalue weighted by molar-refractivity contribution is 6.31. The second-order valence-electron chi connectivity index (χ2n) is 5.79. The Bertz CT molecular complexity index is 875. The van der Waals surface area contributed by atoms with Gasteiger partial charge in [0.2, 0.25) is 0 Å². The first-order chi connectivity index (χ1) is 12.7. The van der Waals surface area contributed by atoms with Crippen LogP contribution >= 0.6 is 11.6 Å². The maximum atomic E-state index is 12.5. The van der Waals surface area contributed by atoms with Crippen LogP contribution in [-0.2, 0) is 6.54 Å². The normalized spacial score (nSPS) is 10.5. The Labute approximate surface area is 157 Å². The van der Waals surface area contributed by atoms with Crippen molar-refractivity contribution < 1.29 is 9.53 Å².